The minimum absolute atomic E-state index is 0.0503. The van der Waals surface area contributed by atoms with Gasteiger partial charge in [-0.2, -0.15) is 0 Å². The average Bonchev–Trinajstić information content (AvgIpc) is 2.47. The minimum Gasteiger partial charge on any atom is -0.493 e. The molecule has 0 aliphatic rings. The third kappa shape index (κ3) is 3.75. The number of aliphatic hydroxyl groups is 2. The van der Waals surface area contributed by atoms with Crippen LogP contribution >= 0.6 is 15.9 Å². The molecule has 1 unspecified atom stereocenters. The van der Waals surface area contributed by atoms with Crippen molar-refractivity contribution in [3.63, 3.8) is 0 Å². The molecule has 0 radical (unpaired) electrons. The van der Waals surface area contributed by atoms with Crippen molar-refractivity contribution in [3.05, 3.63) is 52.0 Å². The van der Waals surface area contributed by atoms with Crippen molar-refractivity contribution in [2.75, 3.05) is 7.11 Å². The SMILES string of the molecule is COc1cc(CO)ccc1Oc1ccc(C(C)O)c(Br)c1. The van der Waals surface area contributed by atoms with E-state index in [0.29, 0.717) is 17.2 Å². The van der Waals surface area contributed by atoms with Gasteiger partial charge in [0.1, 0.15) is 5.75 Å². The Kier molecular flexibility index (Phi) is 5.22. The van der Waals surface area contributed by atoms with E-state index in [0.717, 1.165) is 15.6 Å². The van der Waals surface area contributed by atoms with Crippen LogP contribution in [0.1, 0.15) is 24.2 Å². The van der Waals surface area contributed by atoms with Crippen molar-refractivity contribution in [1.82, 2.24) is 0 Å². The number of hydrogen-bond donors (Lipinski definition) is 2. The lowest BCUT2D eigenvalue weighted by atomic mass is 10.1. The monoisotopic (exact) mass is 352 g/mol. The van der Waals surface area contributed by atoms with Crippen molar-refractivity contribution >= 4 is 15.9 Å². The maximum Gasteiger partial charge on any atom is 0.169 e. The molecule has 0 aliphatic heterocycles. The Morgan fingerprint density at radius 1 is 1.14 bits per heavy atom. The predicted molar refractivity (Wildman–Crippen MR) is 83.8 cm³/mol. The summed E-state index contributed by atoms with van der Waals surface area (Å²) in [5.74, 6) is 1.74. The van der Waals surface area contributed by atoms with Crippen LogP contribution in [0.2, 0.25) is 0 Å². The second-order valence-corrected chi connectivity index (χ2v) is 5.46. The summed E-state index contributed by atoms with van der Waals surface area (Å²) in [6, 6.07) is 10.6. The number of aliphatic hydroxyl groups excluding tert-OH is 2. The fourth-order valence-corrected chi connectivity index (χ4v) is 2.62. The number of methoxy groups -OCH3 is 1. The van der Waals surface area contributed by atoms with E-state index in [4.69, 9.17) is 14.6 Å². The van der Waals surface area contributed by atoms with E-state index in [1.807, 2.05) is 0 Å². The van der Waals surface area contributed by atoms with Gasteiger partial charge in [-0.05, 0) is 42.3 Å². The zero-order chi connectivity index (χ0) is 15.4. The van der Waals surface area contributed by atoms with E-state index >= 15 is 0 Å². The van der Waals surface area contributed by atoms with Crippen LogP contribution in [0.15, 0.2) is 40.9 Å². The molecule has 1 atom stereocenters. The van der Waals surface area contributed by atoms with Gasteiger partial charge in [-0.3, -0.25) is 0 Å². The molecule has 0 saturated carbocycles. The van der Waals surface area contributed by atoms with Crippen LogP contribution in [0.5, 0.6) is 17.2 Å². The maximum atomic E-state index is 9.61. The van der Waals surface area contributed by atoms with Gasteiger partial charge in [-0.25, -0.2) is 0 Å². The molecule has 2 N–H and O–H groups in total. The Balaban J connectivity index is 2.28. The molecule has 5 heteroatoms. The Morgan fingerprint density at radius 3 is 2.48 bits per heavy atom. The summed E-state index contributed by atoms with van der Waals surface area (Å²) in [6.07, 6.45) is -0.549. The van der Waals surface area contributed by atoms with Gasteiger partial charge in [-0.15, -0.1) is 0 Å². The first-order valence-corrected chi connectivity index (χ1v) is 7.27. The van der Waals surface area contributed by atoms with Crippen molar-refractivity contribution in [1.29, 1.82) is 0 Å². The van der Waals surface area contributed by atoms with Gasteiger partial charge in [0, 0.05) is 4.47 Å². The Labute approximate surface area is 132 Å². The molecule has 2 rings (SSSR count). The van der Waals surface area contributed by atoms with Gasteiger partial charge in [0.2, 0.25) is 0 Å². The fourth-order valence-electron chi connectivity index (χ4n) is 1.93. The van der Waals surface area contributed by atoms with E-state index in [-0.39, 0.29) is 6.61 Å². The minimum atomic E-state index is -0.549. The lowest BCUT2D eigenvalue weighted by Crippen LogP contribution is -1.95. The number of halogens is 1. The van der Waals surface area contributed by atoms with Gasteiger partial charge in [0.25, 0.3) is 0 Å². The molecule has 0 amide bonds. The number of hydrogen-bond acceptors (Lipinski definition) is 4. The maximum absolute atomic E-state index is 9.61. The normalized spacial score (nSPS) is 12.0. The highest BCUT2D eigenvalue weighted by molar-refractivity contribution is 9.10. The molecule has 112 valence electrons. The Morgan fingerprint density at radius 2 is 1.90 bits per heavy atom. The van der Waals surface area contributed by atoms with Gasteiger partial charge in [-0.1, -0.05) is 28.1 Å². The van der Waals surface area contributed by atoms with E-state index in [1.54, 1.807) is 50.4 Å². The molecule has 0 aliphatic carbocycles. The van der Waals surface area contributed by atoms with Gasteiger partial charge < -0.3 is 19.7 Å². The number of benzene rings is 2. The van der Waals surface area contributed by atoms with Crippen LogP contribution in [0.3, 0.4) is 0 Å². The highest BCUT2D eigenvalue weighted by Crippen LogP contribution is 2.35. The van der Waals surface area contributed by atoms with Gasteiger partial charge in [0.05, 0.1) is 19.8 Å². The van der Waals surface area contributed by atoms with E-state index in [1.165, 1.54) is 0 Å². The summed E-state index contributed by atoms with van der Waals surface area (Å²) >= 11 is 3.42. The van der Waals surface area contributed by atoms with E-state index in [2.05, 4.69) is 15.9 Å². The lowest BCUT2D eigenvalue weighted by Gasteiger charge is -2.13. The molecule has 0 saturated heterocycles. The summed E-state index contributed by atoms with van der Waals surface area (Å²) in [5, 5.41) is 18.7. The van der Waals surface area contributed by atoms with Crippen molar-refractivity contribution < 1.29 is 19.7 Å². The summed E-state index contributed by atoms with van der Waals surface area (Å²) in [7, 11) is 1.55. The average molecular weight is 353 g/mol. The number of ether oxygens (including phenoxy) is 2. The number of rotatable bonds is 5. The summed E-state index contributed by atoms with van der Waals surface area (Å²) in [6.45, 7) is 1.66. The topological polar surface area (TPSA) is 58.9 Å². The van der Waals surface area contributed by atoms with Crippen molar-refractivity contribution in [3.8, 4) is 17.2 Å². The highest BCUT2D eigenvalue weighted by Gasteiger charge is 2.10. The first-order valence-electron chi connectivity index (χ1n) is 6.48. The first kappa shape index (κ1) is 15.8. The van der Waals surface area contributed by atoms with E-state index in [9.17, 15) is 5.11 Å². The molecule has 0 heterocycles. The van der Waals surface area contributed by atoms with Crippen LogP contribution < -0.4 is 9.47 Å². The molecule has 21 heavy (non-hydrogen) atoms. The van der Waals surface area contributed by atoms with Crippen molar-refractivity contribution in [2.24, 2.45) is 0 Å². The summed E-state index contributed by atoms with van der Waals surface area (Å²) in [5.41, 5.74) is 1.55. The quantitative estimate of drug-likeness (QED) is 0.859. The molecule has 0 fully saturated rings. The predicted octanol–water partition coefficient (Wildman–Crippen LogP) is 3.80. The molecular weight excluding hydrogens is 336 g/mol. The zero-order valence-electron chi connectivity index (χ0n) is 11.8. The van der Waals surface area contributed by atoms with Crippen molar-refractivity contribution in [2.45, 2.75) is 19.6 Å². The highest BCUT2D eigenvalue weighted by atomic mass is 79.9. The smallest absolute Gasteiger partial charge is 0.169 e. The molecule has 4 nitrogen and oxygen atoms in total. The molecule has 0 bridgehead atoms. The summed E-state index contributed by atoms with van der Waals surface area (Å²) in [4.78, 5) is 0. The first-order chi connectivity index (χ1) is 10.0. The largest absolute Gasteiger partial charge is 0.493 e. The molecule has 2 aromatic carbocycles. The third-order valence-electron chi connectivity index (χ3n) is 3.06. The Bertz CT molecular complexity index is 626. The summed E-state index contributed by atoms with van der Waals surface area (Å²) < 4.78 is 11.8. The standard InChI is InChI=1S/C16H17BrO4/c1-10(19)13-5-4-12(8-14(13)17)21-15-6-3-11(9-18)7-16(15)20-2/h3-8,10,18-19H,9H2,1-2H3. The van der Waals surface area contributed by atoms with Gasteiger partial charge >= 0.3 is 0 Å². The van der Waals surface area contributed by atoms with E-state index < -0.39 is 6.10 Å². The fraction of sp³-hybridized carbons (Fsp3) is 0.250. The van der Waals surface area contributed by atoms with Crippen LogP contribution in [0.25, 0.3) is 0 Å². The molecule has 0 spiro atoms. The molecule has 2 aromatic rings. The van der Waals surface area contributed by atoms with Crippen LogP contribution in [-0.2, 0) is 6.61 Å². The third-order valence-corrected chi connectivity index (χ3v) is 3.75. The second kappa shape index (κ2) is 6.93. The van der Waals surface area contributed by atoms with Gasteiger partial charge in [0.15, 0.2) is 11.5 Å². The molecular formula is C16H17BrO4. The Hall–Kier alpha value is -1.56. The lowest BCUT2D eigenvalue weighted by molar-refractivity contribution is 0.198. The van der Waals surface area contributed by atoms with Crippen LogP contribution in [-0.4, -0.2) is 17.3 Å². The van der Waals surface area contributed by atoms with Crippen LogP contribution in [0, 0.1) is 0 Å². The van der Waals surface area contributed by atoms with Crippen LogP contribution in [0.4, 0.5) is 0 Å². The molecule has 0 aromatic heterocycles. The second-order valence-electron chi connectivity index (χ2n) is 4.60. The zero-order valence-corrected chi connectivity index (χ0v) is 13.4.